The van der Waals surface area contributed by atoms with Crippen molar-refractivity contribution in [3.8, 4) is 0 Å². The average Bonchev–Trinajstić information content (AvgIpc) is 2.41. The molecule has 0 aliphatic heterocycles. The van der Waals surface area contributed by atoms with Crippen LogP contribution >= 0.6 is 0 Å². The summed E-state index contributed by atoms with van der Waals surface area (Å²) >= 11 is 0. The summed E-state index contributed by atoms with van der Waals surface area (Å²) in [5.74, 6) is -0.749. The van der Waals surface area contributed by atoms with Crippen LogP contribution < -0.4 is 10.5 Å². The molecule has 112 valence electrons. The zero-order valence-electron chi connectivity index (χ0n) is 11.8. The second-order valence-corrected chi connectivity index (χ2v) is 6.53. The monoisotopic (exact) mass is 308 g/mol. The van der Waals surface area contributed by atoms with Crippen LogP contribution in [0.15, 0.2) is 47.4 Å². The maximum Gasteiger partial charge on any atom is 0.243 e. The van der Waals surface area contributed by atoms with Gasteiger partial charge in [-0.25, -0.2) is 17.5 Å². The predicted octanol–water partition coefficient (Wildman–Crippen LogP) is 2.76. The summed E-state index contributed by atoms with van der Waals surface area (Å²) in [5.41, 5.74) is 6.98. The molecule has 2 aromatic carbocycles. The van der Waals surface area contributed by atoms with Crippen LogP contribution in [0, 0.1) is 12.7 Å². The molecule has 3 N–H and O–H groups in total. The predicted molar refractivity (Wildman–Crippen MR) is 80.7 cm³/mol. The number of nitrogen functional groups attached to an aromatic ring is 1. The van der Waals surface area contributed by atoms with E-state index in [4.69, 9.17) is 5.73 Å². The van der Waals surface area contributed by atoms with E-state index in [1.165, 1.54) is 12.1 Å². The van der Waals surface area contributed by atoms with Crippen LogP contribution in [0.2, 0.25) is 0 Å². The number of nitrogens with two attached hydrogens (primary N) is 1. The molecule has 1 unspecified atom stereocenters. The first kappa shape index (κ1) is 15.5. The van der Waals surface area contributed by atoms with Gasteiger partial charge in [0.1, 0.15) is 10.7 Å². The van der Waals surface area contributed by atoms with Crippen molar-refractivity contribution in [3.63, 3.8) is 0 Å². The number of halogens is 1. The minimum atomic E-state index is -3.89. The molecule has 0 saturated heterocycles. The van der Waals surface area contributed by atoms with E-state index in [0.29, 0.717) is 0 Å². The van der Waals surface area contributed by atoms with Crippen LogP contribution in [0.1, 0.15) is 24.1 Å². The highest BCUT2D eigenvalue weighted by Gasteiger charge is 2.22. The number of para-hydroxylation sites is 1. The van der Waals surface area contributed by atoms with Gasteiger partial charge in [-0.05, 0) is 37.1 Å². The fourth-order valence-electron chi connectivity index (χ4n) is 2.18. The van der Waals surface area contributed by atoms with E-state index in [-0.39, 0.29) is 10.6 Å². The highest BCUT2D eigenvalue weighted by atomic mass is 32.2. The van der Waals surface area contributed by atoms with E-state index >= 15 is 0 Å². The van der Waals surface area contributed by atoms with Crippen molar-refractivity contribution in [1.82, 2.24) is 4.72 Å². The van der Waals surface area contributed by atoms with Gasteiger partial charge in [0, 0.05) is 6.04 Å². The lowest BCUT2D eigenvalue weighted by Gasteiger charge is -2.17. The molecule has 0 saturated carbocycles. The van der Waals surface area contributed by atoms with Crippen molar-refractivity contribution in [2.45, 2.75) is 24.8 Å². The van der Waals surface area contributed by atoms with Gasteiger partial charge in [0.05, 0.1) is 5.69 Å². The lowest BCUT2D eigenvalue weighted by atomic mass is 10.0. The van der Waals surface area contributed by atoms with Crippen LogP contribution in [0.5, 0.6) is 0 Å². The van der Waals surface area contributed by atoms with E-state index in [1.54, 1.807) is 6.92 Å². The first-order valence-electron chi connectivity index (χ1n) is 6.45. The van der Waals surface area contributed by atoms with Gasteiger partial charge in [-0.1, -0.05) is 30.3 Å². The number of hydrogen-bond acceptors (Lipinski definition) is 3. The van der Waals surface area contributed by atoms with Gasteiger partial charge < -0.3 is 5.73 Å². The third-order valence-corrected chi connectivity index (χ3v) is 4.89. The van der Waals surface area contributed by atoms with Crippen LogP contribution in [0.3, 0.4) is 0 Å². The Morgan fingerprint density at radius 2 is 1.81 bits per heavy atom. The molecule has 0 amide bonds. The summed E-state index contributed by atoms with van der Waals surface area (Å²) in [7, 11) is -3.89. The maximum atomic E-state index is 13.4. The minimum Gasteiger partial charge on any atom is -0.395 e. The summed E-state index contributed by atoms with van der Waals surface area (Å²) in [6.07, 6.45) is 0. The summed E-state index contributed by atoms with van der Waals surface area (Å²) in [5, 5.41) is 0. The third kappa shape index (κ3) is 3.22. The SMILES string of the molecule is Cc1ccccc1C(C)NS(=O)(=O)c1cccc(F)c1N. The molecule has 0 aliphatic rings. The number of nitrogens with one attached hydrogen (secondary N) is 1. The average molecular weight is 308 g/mol. The molecule has 0 fully saturated rings. The van der Waals surface area contributed by atoms with Gasteiger partial charge in [-0.2, -0.15) is 0 Å². The third-order valence-electron chi connectivity index (χ3n) is 3.29. The molecule has 0 aromatic heterocycles. The summed E-state index contributed by atoms with van der Waals surface area (Å²) in [4.78, 5) is -0.247. The molecule has 0 bridgehead atoms. The fraction of sp³-hybridized carbons (Fsp3) is 0.200. The molecular weight excluding hydrogens is 291 g/mol. The van der Waals surface area contributed by atoms with E-state index in [2.05, 4.69) is 4.72 Å². The number of rotatable bonds is 4. The van der Waals surface area contributed by atoms with E-state index in [1.807, 2.05) is 31.2 Å². The molecule has 0 aliphatic carbocycles. The zero-order valence-corrected chi connectivity index (χ0v) is 12.6. The summed E-state index contributed by atoms with van der Waals surface area (Å²) < 4.78 is 40.6. The standard InChI is InChI=1S/C15H17FN2O2S/c1-10-6-3-4-7-12(10)11(2)18-21(19,20)14-9-5-8-13(16)15(14)17/h3-9,11,18H,17H2,1-2H3. The van der Waals surface area contributed by atoms with Gasteiger partial charge in [0.25, 0.3) is 0 Å². The van der Waals surface area contributed by atoms with Crippen molar-refractivity contribution in [2.24, 2.45) is 0 Å². The number of sulfonamides is 1. The Hall–Kier alpha value is -1.92. The fourth-order valence-corrected chi connectivity index (χ4v) is 3.55. The Morgan fingerprint density at radius 3 is 2.48 bits per heavy atom. The first-order chi connectivity index (χ1) is 9.83. The van der Waals surface area contributed by atoms with Gasteiger partial charge in [-0.15, -0.1) is 0 Å². The second-order valence-electron chi connectivity index (χ2n) is 4.85. The normalized spacial score (nSPS) is 13.1. The summed E-state index contributed by atoms with van der Waals surface area (Å²) in [6, 6.07) is 10.7. The number of hydrogen-bond donors (Lipinski definition) is 2. The zero-order chi connectivity index (χ0) is 15.6. The molecule has 0 spiro atoms. The molecule has 0 heterocycles. The quantitative estimate of drug-likeness (QED) is 0.853. The Bertz CT molecular complexity index is 760. The van der Waals surface area contributed by atoms with E-state index in [9.17, 15) is 12.8 Å². The first-order valence-corrected chi connectivity index (χ1v) is 7.93. The molecule has 2 aromatic rings. The second kappa shape index (κ2) is 5.83. The van der Waals surface area contributed by atoms with Crippen molar-refractivity contribution in [1.29, 1.82) is 0 Å². The molecule has 4 nitrogen and oxygen atoms in total. The van der Waals surface area contributed by atoms with E-state index < -0.39 is 21.9 Å². The van der Waals surface area contributed by atoms with E-state index in [0.717, 1.165) is 17.2 Å². The van der Waals surface area contributed by atoms with Gasteiger partial charge >= 0.3 is 0 Å². The van der Waals surface area contributed by atoms with Crippen LogP contribution in [0.4, 0.5) is 10.1 Å². The largest absolute Gasteiger partial charge is 0.395 e. The molecule has 2 rings (SSSR count). The maximum absolute atomic E-state index is 13.4. The van der Waals surface area contributed by atoms with Gasteiger partial charge in [0.15, 0.2) is 0 Å². The number of anilines is 1. The lowest BCUT2D eigenvalue weighted by Crippen LogP contribution is -2.28. The lowest BCUT2D eigenvalue weighted by molar-refractivity contribution is 0.564. The van der Waals surface area contributed by atoms with Crippen LogP contribution in [0.25, 0.3) is 0 Å². The Morgan fingerprint density at radius 1 is 1.14 bits per heavy atom. The van der Waals surface area contributed by atoms with Crippen LogP contribution in [-0.4, -0.2) is 8.42 Å². The molecule has 0 radical (unpaired) electrons. The van der Waals surface area contributed by atoms with Crippen molar-refractivity contribution < 1.29 is 12.8 Å². The smallest absolute Gasteiger partial charge is 0.243 e. The Balaban J connectivity index is 2.34. The van der Waals surface area contributed by atoms with Gasteiger partial charge in [-0.3, -0.25) is 0 Å². The highest BCUT2D eigenvalue weighted by Crippen LogP contribution is 2.24. The minimum absolute atomic E-state index is 0.247. The Labute approximate surface area is 123 Å². The van der Waals surface area contributed by atoms with Gasteiger partial charge in [0.2, 0.25) is 10.0 Å². The summed E-state index contributed by atoms with van der Waals surface area (Å²) in [6.45, 7) is 3.63. The van der Waals surface area contributed by atoms with Crippen molar-refractivity contribution >= 4 is 15.7 Å². The molecular formula is C15H17FN2O2S. The molecule has 21 heavy (non-hydrogen) atoms. The number of aryl methyl sites for hydroxylation is 1. The van der Waals surface area contributed by atoms with Crippen LogP contribution in [-0.2, 0) is 10.0 Å². The van der Waals surface area contributed by atoms with Crippen molar-refractivity contribution in [3.05, 3.63) is 59.4 Å². The highest BCUT2D eigenvalue weighted by molar-refractivity contribution is 7.89. The Kier molecular flexibility index (Phi) is 4.29. The van der Waals surface area contributed by atoms with Crippen molar-refractivity contribution in [2.75, 3.05) is 5.73 Å². The molecule has 6 heteroatoms. The molecule has 1 atom stereocenters. The number of benzene rings is 2. The topological polar surface area (TPSA) is 72.2 Å².